The van der Waals surface area contributed by atoms with Crippen LogP contribution in [0.2, 0.25) is 0 Å². The Kier molecular flexibility index (Phi) is 6.67. The van der Waals surface area contributed by atoms with E-state index in [2.05, 4.69) is 23.6 Å². The molecule has 1 aromatic heterocycles. The number of hydrogen-bond donors (Lipinski definition) is 2. The summed E-state index contributed by atoms with van der Waals surface area (Å²) in [7, 11) is 1.87. The van der Waals surface area contributed by atoms with Gasteiger partial charge in [-0.15, -0.1) is 11.3 Å². The lowest BCUT2D eigenvalue weighted by Gasteiger charge is -2.16. The molecule has 2 N–H and O–H groups in total. The summed E-state index contributed by atoms with van der Waals surface area (Å²) in [5.74, 6) is 0.0725. The van der Waals surface area contributed by atoms with Crippen LogP contribution in [0.4, 0.5) is 4.79 Å². The van der Waals surface area contributed by atoms with Gasteiger partial charge in [0.05, 0.1) is 6.54 Å². The molecule has 1 rings (SSSR count). The standard InChI is InChI=1S/C14H23N3O2S/c1-10(2)7-15-14(19)16-13(18)9-17(4)8-12-11(3)5-6-20-12/h5-6,10H,7-9H2,1-4H3,(H2,15,16,18,19). The summed E-state index contributed by atoms with van der Waals surface area (Å²) in [6.45, 7) is 7.53. The minimum absolute atomic E-state index is 0.201. The molecule has 0 saturated heterocycles. The largest absolute Gasteiger partial charge is 0.338 e. The van der Waals surface area contributed by atoms with Crippen LogP contribution in [0.1, 0.15) is 24.3 Å². The van der Waals surface area contributed by atoms with Gasteiger partial charge in [-0.2, -0.15) is 0 Å². The van der Waals surface area contributed by atoms with Gasteiger partial charge in [-0.25, -0.2) is 4.79 Å². The van der Waals surface area contributed by atoms with E-state index in [0.717, 1.165) is 0 Å². The molecule has 0 aliphatic heterocycles. The highest BCUT2D eigenvalue weighted by Crippen LogP contribution is 2.16. The van der Waals surface area contributed by atoms with Crippen LogP contribution < -0.4 is 10.6 Å². The Hall–Kier alpha value is -1.40. The second kappa shape index (κ2) is 8.01. The van der Waals surface area contributed by atoms with E-state index in [4.69, 9.17) is 0 Å². The number of hydrogen-bond acceptors (Lipinski definition) is 4. The molecular formula is C14H23N3O2S. The Labute approximate surface area is 124 Å². The number of carbonyl (C=O) groups is 2. The predicted molar refractivity (Wildman–Crippen MR) is 81.8 cm³/mol. The van der Waals surface area contributed by atoms with E-state index in [-0.39, 0.29) is 12.5 Å². The zero-order chi connectivity index (χ0) is 15.1. The van der Waals surface area contributed by atoms with Gasteiger partial charge in [0.25, 0.3) is 0 Å². The van der Waals surface area contributed by atoms with Gasteiger partial charge in [0, 0.05) is 18.0 Å². The first-order valence-corrected chi connectivity index (χ1v) is 7.55. The molecule has 0 spiro atoms. The molecule has 1 heterocycles. The van der Waals surface area contributed by atoms with Crippen LogP contribution in [0.15, 0.2) is 11.4 Å². The fraction of sp³-hybridized carbons (Fsp3) is 0.571. The number of likely N-dealkylation sites (N-methyl/N-ethyl adjacent to an activating group) is 1. The van der Waals surface area contributed by atoms with Gasteiger partial charge in [0.2, 0.25) is 5.91 Å². The number of carbonyl (C=O) groups excluding carboxylic acids is 2. The summed E-state index contributed by atoms with van der Waals surface area (Å²) in [6.07, 6.45) is 0. The molecule has 0 aliphatic rings. The minimum Gasteiger partial charge on any atom is -0.338 e. The zero-order valence-corrected chi connectivity index (χ0v) is 13.3. The monoisotopic (exact) mass is 297 g/mol. The molecule has 0 aromatic carbocycles. The van der Waals surface area contributed by atoms with Crippen LogP contribution in [0.5, 0.6) is 0 Å². The number of rotatable bonds is 6. The van der Waals surface area contributed by atoms with Crippen molar-refractivity contribution in [2.75, 3.05) is 20.1 Å². The number of urea groups is 1. The van der Waals surface area contributed by atoms with E-state index in [1.807, 2.05) is 31.2 Å². The summed E-state index contributed by atoms with van der Waals surface area (Å²) in [5.41, 5.74) is 1.23. The fourth-order valence-corrected chi connectivity index (χ4v) is 2.60. The molecule has 5 nitrogen and oxygen atoms in total. The van der Waals surface area contributed by atoms with E-state index in [1.54, 1.807) is 11.3 Å². The maximum absolute atomic E-state index is 11.7. The Bertz CT molecular complexity index is 457. The van der Waals surface area contributed by atoms with E-state index < -0.39 is 6.03 Å². The van der Waals surface area contributed by atoms with E-state index >= 15 is 0 Å². The SMILES string of the molecule is Cc1ccsc1CN(C)CC(=O)NC(=O)NCC(C)C. The lowest BCUT2D eigenvalue weighted by molar-refractivity contribution is -0.120. The molecule has 1 aromatic rings. The lowest BCUT2D eigenvalue weighted by Crippen LogP contribution is -2.44. The van der Waals surface area contributed by atoms with Crippen molar-refractivity contribution in [2.24, 2.45) is 5.92 Å². The summed E-state index contributed by atoms with van der Waals surface area (Å²) in [4.78, 5) is 26.3. The molecule has 3 amide bonds. The molecule has 0 unspecified atom stereocenters. The Morgan fingerprint density at radius 3 is 2.65 bits per heavy atom. The highest BCUT2D eigenvalue weighted by atomic mass is 32.1. The molecule has 0 aliphatic carbocycles. The normalized spacial score (nSPS) is 10.9. The molecule has 6 heteroatoms. The topological polar surface area (TPSA) is 61.4 Å². The number of imide groups is 1. The summed E-state index contributed by atoms with van der Waals surface area (Å²) in [5, 5.41) is 7.03. The lowest BCUT2D eigenvalue weighted by atomic mass is 10.2. The molecule has 20 heavy (non-hydrogen) atoms. The number of thiophene rings is 1. The van der Waals surface area contributed by atoms with Gasteiger partial charge in [-0.05, 0) is 36.9 Å². The van der Waals surface area contributed by atoms with Crippen molar-refractivity contribution in [3.63, 3.8) is 0 Å². The molecule has 0 radical (unpaired) electrons. The molecular weight excluding hydrogens is 274 g/mol. The van der Waals surface area contributed by atoms with Crippen molar-refractivity contribution in [3.05, 3.63) is 21.9 Å². The molecule has 0 bridgehead atoms. The van der Waals surface area contributed by atoms with Crippen LogP contribution in [0.25, 0.3) is 0 Å². The fourth-order valence-electron chi connectivity index (χ4n) is 1.62. The second-order valence-electron chi connectivity index (χ2n) is 5.35. The van der Waals surface area contributed by atoms with Crippen molar-refractivity contribution in [3.8, 4) is 0 Å². The van der Waals surface area contributed by atoms with E-state index in [0.29, 0.717) is 19.0 Å². The maximum atomic E-state index is 11.7. The zero-order valence-electron chi connectivity index (χ0n) is 12.5. The van der Waals surface area contributed by atoms with Crippen molar-refractivity contribution >= 4 is 23.3 Å². The number of amides is 3. The van der Waals surface area contributed by atoms with Crippen LogP contribution in [-0.2, 0) is 11.3 Å². The second-order valence-corrected chi connectivity index (χ2v) is 6.35. The van der Waals surface area contributed by atoms with E-state index in [9.17, 15) is 9.59 Å². The summed E-state index contributed by atoms with van der Waals surface area (Å²) in [6, 6.07) is 1.64. The molecule has 0 saturated carbocycles. The van der Waals surface area contributed by atoms with E-state index in [1.165, 1.54) is 10.4 Å². The number of nitrogens with one attached hydrogen (secondary N) is 2. The third-order valence-corrected chi connectivity index (χ3v) is 3.73. The minimum atomic E-state index is -0.426. The number of nitrogens with zero attached hydrogens (tertiary/aromatic N) is 1. The quantitative estimate of drug-likeness (QED) is 0.844. The van der Waals surface area contributed by atoms with Crippen LogP contribution in [0.3, 0.4) is 0 Å². The van der Waals surface area contributed by atoms with Crippen LogP contribution in [-0.4, -0.2) is 37.0 Å². The third-order valence-electron chi connectivity index (χ3n) is 2.72. The third kappa shape index (κ3) is 6.16. The summed E-state index contributed by atoms with van der Waals surface area (Å²) >= 11 is 1.68. The smallest absolute Gasteiger partial charge is 0.321 e. The highest BCUT2D eigenvalue weighted by Gasteiger charge is 2.12. The van der Waals surface area contributed by atoms with Crippen molar-refractivity contribution < 1.29 is 9.59 Å². The first kappa shape index (κ1) is 16.7. The van der Waals surface area contributed by atoms with Crippen LogP contribution >= 0.6 is 11.3 Å². The van der Waals surface area contributed by atoms with Gasteiger partial charge in [-0.3, -0.25) is 15.0 Å². The Morgan fingerprint density at radius 1 is 1.40 bits per heavy atom. The van der Waals surface area contributed by atoms with Crippen molar-refractivity contribution in [1.82, 2.24) is 15.5 Å². The average molecular weight is 297 g/mol. The first-order chi connectivity index (χ1) is 9.38. The highest BCUT2D eigenvalue weighted by molar-refractivity contribution is 7.10. The Balaban J connectivity index is 2.31. The number of aryl methyl sites for hydroxylation is 1. The van der Waals surface area contributed by atoms with Gasteiger partial charge >= 0.3 is 6.03 Å². The molecule has 0 fully saturated rings. The van der Waals surface area contributed by atoms with Crippen molar-refractivity contribution in [1.29, 1.82) is 0 Å². The predicted octanol–water partition coefficient (Wildman–Crippen LogP) is 1.97. The first-order valence-electron chi connectivity index (χ1n) is 6.67. The maximum Gasteiger partial charge on any atom is 0.321 e. The molecule has 0 atom stereocenters. The summed E-state index contributed by atoms with van der Waals surface area (Å²) < 4.78 is 0. The van der Waals surface area contributed by atoms with Crippen molar-refractivity contribution in [2.45, 2.75) is 27.3 Å². The van der Waals surface area contributed by atoms with Gasteiger partial charge in [-0.1, -0.05) is 13.8 Å². The Morgan fingerprint density at radius 2 is 2.10 bits per heavy atom. The average Bonchev–Trinajstić information content (AvgIpc) is 2.72. The van der Waals surface area contributed by atoms with Gasteiger partial charge in [0.15, 0.2) is 0 Å². The van der Waals surface area contributed by atoms with Gasteiger partial charge < -0.3 is 5.32 Å². The molecule has 112 valence electrons. The van der Waals surface area contributed by atoms with Gasteiger partial charge in [0.1, 0.15) is 0 Å². The van der Waals surface area contributed by atoms with Crippen LogP contribution in [0, 0.1) is 12.8 Å².